The van der Waals surface area contributed by atoms with Crippen LogP contribution in [0.15, 0.2) is 76.3 Å². The van der Waals surface area contributed by atoms with Gasteiger partial charge < -0.3 is 25.3 Å². The van der Waals surface area contributed by atoms with Crippen LogP contribution in [0.2, 0.25) is 5.02 Å². The number of ether oxygens (including phenoxy) is 1. The van der Waals surface area contributed by atoms with Crippen LogP contribution in [-0.2, 0) is 18.0 Å². The number of aryl methyl sites for hydroxylation is 1. The zero-order valence-corrected chi connectivity index (χ0v) is 24.9. The van der Waals surface area contributed by atoms with Gasteiger partial charge in [-0.1, -0.05) is 11.6 Å². The molecule has 17 heteroatoms. The fourth-order valence-electron chi connectivity index (χ4n) is 4.59. The number of pyridine rings is 3. The number of allylic oxidation sites excluding steroid dienone is 2. The molecule has 2 aliphatic rings. The highest BCUT2D eigenvalue weighted by molar-refractivity contribution is 6.36. The lowest BCUT2D eigenvalue weighted by Crippen LogP contribution is -2.30. The van der Waals surface area contributed by atoms with Gasteiger partial charge in [0.25, 0.3) is 5.56 Å². The first-order valence-electron chi connectivity index (χ1n) is 13.7. The van der Waals surface area contributed by atoms with Gasteiger partial charge in [-0.15, -0.1) is 0 Å². The minimum absolute atomic E-state index is 0.0152. The molecule has 6 rings (SSSR count). The third kappa shape index (κ3) is 5.81. The molecule has 3 N–H and O–H groups in total. The lowest BCUT2D eigenvalue weighted by Gasteiger charge is -2.21. The van der Waals surface area contributed by atoms with Crippen molar-refractivity contribution >= 4 is 52.7 Å². The minimum Gasteiger partial charge on any atom is -0.450 e. The van der Waals surface area contributed by atoms with Gasteiger partial charge in [0.1, 0.15) is 21.9 Å². The summed E-state index contributed by atoms with van der Waals surface area (Å²) in [6.07, 6.45) is 5.49. The number of hydrogen-bond acceptors (Lipinski definition) is 10. The third-order valence-corrected chi connectivity index (χ3v) is 7.59. The highest BCUT2D eigenvalue weighted by atomic mass is 35.5. The second-order valence-corrected chi connectivity index (χ2v) is 10.7. The standard InChI is InChI=1S/C29H24ClF3N10O3/c1-41(26(44)15-5-6-15)22-13-36-19(11-37-22)20(9-34)46-21-12-38-25-24(23(21)30)42(2)28(40-25)39-18-8-16(29(31,32)33)14-43(27(18)45)17-4-3-7-35-10-17/h3-4,7-15,34,36H,5-6H2,1-2H3,(H,38,39,40)/b20-19+,34-9?. The molecule has 0 spiro atoms. The first kappa shape index (κ1) is 30.5. The van der Waals surface area contributed by atoms with Gasteiger partial charge in [0.15, 0.2) is 23.0 Å². The number of hydrogen-bond donors (Lipinski definition) is 3. The van der Waals surface area contributed by atoms with E-state index >= 15 is 0 Å². The van der Waals surface area contributed by atoms with E-state index in [2.05, 4.69) is 30.6 Å². The van der Waals surface area contributed by atoms with Crippen LogP contribution in [0.25, 0.3) is 16.9 Å². The number of rotatable bonds is 8. The number of halogens is 4. The number of carbonyl (C=O) groups is 1. The smallest absolute Gasteiger partial charge is 0.417 e. The number of imidazole rings is 1. The Balaban J connectivity index is 1.30. The zero-order valence-electron chi connectivity index (χ0n) is 24.1. The van der Waals surface area contributed by atoms with Crippen molar-refractivity contribution in [2.75, 3.05) is 12.4 Å². The molecule has 1 saturated carbocycles. The van der Waals surface area contributed by atoms with Crippen molar-refractivity contribution in [3.05, 3.63) is 87.4 Å². The third-order valence-electron chi connectivity index (χ3n) is 7.22. The number of alkyl halides is 3. The maximum absolute atomic E-state index is 13.8. The Morgan fingerprint density at radius 1 is 1.30 bits per heavy atom. The van der Waals surface area contributed by atoms with Crippen LogP contribution in [-0.4, -0.2) is 54.4 Å². The molecule has 1 amide bonds. The highest BCUT2D eigenvalue weighted by Crippen LogP contribution is 2.35. The molecule has 5 heterocycles. The molecule has 1 fully saturated rings. The molecule has 0 unspecified atom stereocenters. The van der Waals surface area contributed by atoms with Gasteiger partial charge in [0.05, 0.1) is 36.1 Å². The Labute approximate surface area is 263 Å². The van der Waals surface area contributed by atoms with E-state index in [9.17, 15) is 22.8 Å². The molecule has 0 aromatic carbocycles. The summed E-state index contributed by atoms with van der Waals surface area (Å²) in [4.78, 5) is 43.8. The lowest BCUT2D eigenvalue weighted by molar-refractivity contribution is -0.138. The van der Waals surface area contributed by atoms with Crippen molar-refractivity contribution < 1.29 is 22.7 Å². The van der Waals surface area contributed by atoms with Crippen molar-refractivity contribution in [2.24, 2.45) is 18.0 Å². The van der Waals surface area contributed by atoms with Crippen molar-refractivity contribution in [3.8, 4) is 11.4 Å². The maximum atomic E-state index is 13.8. The van der Waals surface area contributed by atoms with E-state index in [0.717, 1.165) is 23.6 Å². The summed E-state index contributed by atoms with van der Waals surface area (Å²) < 4.78 is 49.5. The molecule has 0 bridgehead atoms. The Bertz CT molecular complexity index is 2030. The Hall–Kier alpha value is -5.51. The van der Waals surface area contributed by atoms with Crippen molar-refractivity contribution in [1.82, 2.24) is 34.3 Å². The molecule has 4 aromatic heterocycles. The number of fused-ring (bicyclic) bond motifs is 1. The summed E-state index contributed by atoms with van der Waals surface area (Å²) in [6.45, 7) is 0. The molecule has 1 aliphatic heterocycles. The Kier molecular flexibility index (Phi) is 7.81. The Morgan fingerprint density at radius 2 is 2.09 bits per heavy atom. The normalized spacial score (nSPS) is 15.7. The summed E-state index contributed by atoms with van der Waals surface area (Å²) >= 11 is 6.68. The molecule has 0 radical (unpaired) electrons. The molecular weight excluding hydrogens is 629 g/mol. The van der Waals surface area contributed by atoms with Gasteiger partial charge in [-0.2, -0.15) is 18.2 Å². The number of aliphatic imine (C=N–C) groups is 1. The van der Waals surface area contributed by atoms with Crippen LogP contribution in [0.4, 0.5) is 24.8 Å². The van der Waals surface area contributed by atoms with E-state index in [1.165, 1.54) is 59.7 Å². The fraction of sp³-hybridized carbons (Fsp3) is 0.207. The number of amides is 1. The molecular formula is C29H24ClF3N10O3. The summed E-state index contributed by atoms with van der Waals surface area (Å²) in [5.74, 6) is 0.433. The van der Waals surface area contributed by atoms with Crippen LogP contribution in [0.5, 0.6) is 5.75 Å². The second kappa shape index (κ2) is 11.8. The van der Waals surface area contributed by atoms with E-state index in [1.54, 1.807) is 7.05 Å². The van der Waals surface area contributed by atoms with Gasteiger partial charge >= 0.3 is 6.18 Å². The average Bonchev–Trinajstić information content (AvgIpc) is 3.85. The predicted molar refractivity (Wildman–Crippen MR) is 163 cm³/mol. The first-order valence-corrected chi connectivity index (χ1v) is 14.1. The SMILES string of the molecule is CN(C(=O)C1CC1)C1=CN/C(=C(\C=N)Oc2cnc3nc(Nc4cc(C(F)(F)F)cn(-c5cccnc5)c4=O)n(C)c3c2Cl)C=N1. The predicted octanol–water partition coefficient (Wildman–Crippen LogP) is 4.51. The lowest BCUT2D eigenvalue weighted by atomic mass is 10.2. The van der Waals surface area contributed by atoms with Crippen LogP contribution in [0.3, 0.4) is 0 Å². The van der Waals surface area contributed by atoms with E-state index in [0.29, 0.717) is 23.8 Å². The number of nitrogens with one attached hydrogen (secondary N) is 3. The zero-order chi connectivity index (χ0) is 32.7. The molecule has 236 valence electrons. The van der Waals surface area contributed by atoms with Crippen LogP contribution in [0.1, 0.15) is 18.4 Å². The molecule has 1 aliphatic carbocycles. The average molecular weight is 653 g/mol. The van der Waals surface area contributed by atoms with E-state index in [4.69, 9.17) is 21.7 Å². The topological polar surface area (TPSA) is 155 Å². The maximum Gasteiger partial charge on any atom is 0.417 e. The summed E-state index contributed by atoms with van der Waals surface area (Å²) in [6, 6.07) is 3.64. The molecule has 0 atom stereocenters. The van der Waals surface area contributed by atoms with Crippen molar-refractivity contribution in [2.45, 2.75) is 19.0 Å². The number of carbonyl (C=O) groups excluding carboxylic acids is 1. The summed E-state index contributed by atoms with van der Waals surface area (Å²) in [5, 5.41) is 13.6. The molecule has 13 nitrogen and oxygen atoms in total. The number of nitrogens with zero attached hydrogens (tertiary/aromatic N) is 7. The van der Waals surface area contributed by atoms with Gasteiger partial charge in [-0.25, -0.2) is 9.98 Å². The minimum atomic E-state index is -4.75. The van der Waals surface area contributed by atoms with Gasteiger partial charge in [-0.3, -0.25) is 24.0 Å². The van der Waals surface area contributed by atoms with Gasteiger partial charge in [0, 0.05) is 38.6 Å². The van der Waals surface area contributed by atoms with Gasteiger partial charge in [0.2, 0.25) is 11.9 Å². The monoisotopic (exact) mass is 652 g/mol. The largest absolute Gasteiger partial charge is 0.450 e. The van der Waals surface area contributed by atoms with Crippen LogP contribution in [0, 0.1) is 11.3 Å². The van der Waals surface area contributed by atoms with Crippen LogP contribution >= 0.6 is 11.6 Å². The van der Waals surface area contributed by atoms with Crippen LogP contribution < -0.4 is 20.9 Å². The molecule has 0 saturated heterocycles. The number of anilines is 2. The van der Waals surface area contributed by atoms with Crippen molar-refractivity contribution in [3.63, 3.8) is 0 Å². The summed E-state index contributed by atoms with van der Waals surface area (Å²) in [5.41, 5.74) is -1.46. The highest BCUT2D eigenvalue weighted by Gasteiger charge is 2.34. The van der Waals surface area contributed by atoms with E-state index in [-0.39, 0.29) is 51.2 Å². The second-order valence-electron chi connectivity index (χ2n) is 10.4. The molecule has 46 heavy (non-hydrogen) atoms. The molecule has 4 aromatic rings. The van der Waals surface area contributed by atoms with E-state index < -0.39 is 23.0 Å². The quantitative estimate of drug-likeness (QED) is 0.186. The van der Waals surface area contributed by atoms with Crippen molar-refractivity contribution in [1.29, 1.82) is 5.41 Å². The summed E-state index contributed by atoms with van der Waals surface area (Å²) in [7, 11) is 3.16. The number of aromatic nitrogens is 5. The van der Waals surface area contributed by atoms with Gasteiger partial charge in [-0.05, 0) is 31.0 Å². The van der Waals surface area contributed by atoms with E-state index in [1.807, 2.05) is 0 Å². The fourth-order valence-corrected chi connectivity index (χ4v) is 4.89. The Morgan fingerprint density at radius 3 is 2.72 bits per heavy atom. The first-order chi connectivity index (χ1) is 22.0.